The second-order valence-electron chi connectivity index (χ2n) is 8.26. The van der Waals surface area contributed by atoms with Crippen molar-refractivity contribution in [2.45, 2.75) is 39.7 Å². The van der Waals surface area contributed by atoms with Crippen molar-refractivity contribution in [2.75, 3.05) is 60.0 Å². The molecular formula is C23H42IN5O. The summed E-state index contributed by atoms with van der Waals surface area (Å²) in [5, 5.41) is 6.83. The minimum atomic E-state index is 0. The van der Waals surface area contributed by atoms with E-state index in [1.54, 1.807) is 0 Å². The predicted molar refractivity (Wildman–Crippen MR) is 138 cm³/mol. The Labute approximate surface area is 200 Å². The first-order chi connectivity index (χ1) is 14.1. The van der Waals surface area contributed by atoms with E-state index in [0.717, 1.165) is 49.2 Å². The lowest BCUT2D eigenvalue weighted by Crippen LogP contribution is -2.39. The van der Waals surface area contributed by atoms with E-state index in [4.69, 9.17) is 9.73 Å². The molecule has 6 nitrogen and oxygen atoms in total. The Morgan fingerprint density at radius 1 is 1.20 bits per heavy atom. The van der Waals surface area contributed by atoms with Crippen LogP contribution in [0.5, 0.6) is 5.75 Å². The average molecular weight is 532 g/mol. The molecule has 0 amide bonds. The van der Waals surface area contributed by atoms with Crippen LogP contribution >= 0.6 is 24.0 Å². The van der Waals surface area contributed by atoms with E-state index in [1.165, 1.54) is 32.5 Å². The molecule has 0 bridgehead atoms. The highest BCUT2D eigenvalue weighted by molar-refractivity contribution is 14.0. The molecule has 1 aromatic rings. The molecule has 1 fully saturated rings. The van der Waals surface area contributed by atoms with Gasteiger partial charge in [-0.25, -0.2) is 4.99 Å². The SMILES string of the molecule is CCNC(=NCc1ccccc1OCCN(C)C)NCCCN1CCC(C)CC1.I. The van der Waals surface area contributed by atoms with Crippen LogP contribution < -0.4 is 15.4 Å². The van der Waals surface area contributed by atoms with E-state index in [-0.39, 0.29) is 24.0 Å². The Hall–Kier alpha value is -1.06. The van der Waals surface area contributed by atoms with Crippen molar-refractivity contribution in [1.29, 1.82) is 0 Å². The molecule has 7 heteroatoms. The van der Waals surface area contributed by atoms with Crippen molar-refractivity contribution in [2.24, 2.45) is 10.9 Å². The molecule has 1 aliphatic rings. The molecule has 0 unspecified atom stereocenters. The Morgan fingerprint density at radius 2 is 1.93 bits per heavy atom. The third-order valence-electron chi connectivity index (χ3n) is 5.34. The lowest BCUT2D eigenvalue weighted by molar-refractivity contribution is 0.191. The van der Waals surface area contributed by atoms with Gasteiger partial charge in [-0.1, -0.05) is 25.1 Å². The highest BCUT2D eigenvalue weighted by Gasteiger charge is 2.14. The molecule has 0 saturated carbocycles. The van der Waals surface area contributed by atoms with Gasteiger partial charge in [0, 0.05) is 25.2 Å². The fourth-order valence-electron chi connectivity index (χ4n) is 3.41. The molecule has 2 rings (SSSR count). The maximum atomic E-state index is 5.96. The zero-order chi connectivity index (χ0) is 20.9. The van der Waals surface area contributed by atoms with Gasteiger partial charge >= 0.3 is 0 Å². The molecule has 1 aromatic carbocycles. The number of hydrogen-bond donors (Lipinski definition) is 2. The molecule has 0 aromatic heterocycles. The summed E-state index contributed by atoms with van der Waals surface area (Å²) in [6, 6.07) is 8.18. The largest absolute Gasteiger partial charge is 0.492 e. The molecular weight excluding hydrogens is 489 g/mol. The van der Waals surface area contributed by atoms with Gasteiger partial charge in [0.2, 0.25) is 0 Å². The molecule has 0 aliphatic carbocycles. The van der Waals surface area contributed by atoms with Crippen LogP contribution in [0.4, 0.5) is 0 Å². The van der Waals surface area contributed by atoms with E-state index in [0.29, 0.717) is 13.2 Å². The third-order valence-corrected chi connectivity index (χ3v) is 5.34. The highest BCUT2D eigenvalue weighted by Crippen LogP contribution is 2.19. The van der Waals surface area contributed by atoms with Crippen LogP contribution in [-0.4, -0.2) is 75.7 Å². The summed E-state index contributed by atoms with van der Waals surface area (Å²) in [7, 11) is 4.11. The lowest BCUT2D eigenvalue weighted by atomic mass is 9.99. The number of rotatable bonds is 11. The summed E-state index contributed by atoms with van der Waals surface area (Å²) < 4.78 is 5.96. The number of piperidine rings is 1. The molecule has 0 atom stereocenters. The fourth-order valence-corrected chi connectivity index (χ4v) is 3.41. The summed E-state index contributed by atoms with van der Waals surface area (Å²) in [6.45, 7) is 12.1. The topological polar surface area (TPSA) is 52.1 Å². The third kappa shape index (κ3) is 10.8. The van der Waals surface area contributed by atoms with Crippen molar-refractivity contribution in [1.82, 2.24) is 20.4 Å². The first-order valence-electron chi connectivity index (χ1n) is 11.2. The van der Waals surface area contributed by atoms with E-state index in [9.17, 15) is 0 Å². The summed E-state index contributed by atoms with van der Waals surface area (Å²) >= 11 is 0. The quantitative estimate of drug-likeness (QED) is 0.199. The van der Waals surface area contributed by atoms with E-state index in [1.807, 2.05) is 18.2 Å². The van der Waals surface area contributed by atoms with E-state index >= 15 is 0 Å². The van der Waals surface area contributed by atoms with Crippen LogP contribution in [-0.2, 0) is 6.54 Å². The normalized spacial score (nSPS) is 15.7. The first-order valence-corrected chi connectivity index (χ1v) is 11.2. The molecule has 1 aliphatic heterocycles. The predicted octanol–water partition coefficient (Wildman–Crippen LogP) is 3.42. The average Bonchev–Trinajstić information content (AvgIpc) is 2.71. The van der Waals surface area contributed by atoms with Gasteiger partial charge in [0.05, 0.1) is 6.54 Å². The molecule has 2 N–H and O–H groups in total. The Kier molecular flexibility index (Phi) is 14.1. The van der Waals surface area contributed by atoms with Crippen molar-refractivity contribution < 1.29 is 4.74 Å². The standard InChI is InChI=1S/C23H41N5O.HI/c1-5-24-23(25-13-8-14-28-15-11-20(2)12-16-28)26-19-21-9-6-7-10-22(21)29-18-17-27(3)4;/h6-7,9-10,20H,5,8,11-19H2,1-4H3,(H2,24,25,26);1H. The first kappa shape index (κ1) is 27.0. The Morgan fingerprint density at radius 3 is 2.63 bits per heavy atom. The zero-order valence-corrected chi connectivity index (χ0v) is 21.7. The number of nitrogens with zero attached hydrogens (tertiary/aromatic N) is 3. The van der Waals surface area contributed by atoms with Crippen molar-refractivity contribution in [3.63, 3.8) is 0 Å². The van der Waals surface area contributed by atoms with Gasteiger partial charge in [-0.05, 0) is 71.9 Å². The van der Waals surface area contributed by atoms with Crippen LogP contribution in [0.2, 0.25) is 0 Å². The van der Waals surface area contributed by atoms with Gasteiger partial charge in [0.1, 0.15) is 12.4 Å². The molecule has 0 radical (unpaired) electrons. The van der Waals surface area contributed by atoms with E-state index in [2.05, 4.69) is 54.4 Å². The number of likely N-dealkylation sites (tertiary alicyclic amines) is 1. The van der Waals surface area contributed by atoms with Crippen LogP contribution in [0.1, 0.15) is 38.7 Å². The minimum Gasteiger partial charge on any atom is -0.492 e. The number of ether oxygens (including phenoxy) is 1. The van der Waals surface area contributed by atoms with Crippen LogP contribution in [0.25, 0.3) is 0 Å². The maximum absolute atomic E-state index is 5.96. The Balaban J connectivity index is 0.00000450. The monoisotopic (exact) mass is 531 g/mol. The fraction of sp³-hybridized carbons (Fsp3) is 0.696. The smallest absolute Gasteiger partial charge is 0.191 e. The zero-order valence-electron chi connectivity index (χ0n) is 19.3. The number of halogens is 1. The number of likely N-dealkylation sites (N-methyl/N-ethyl adjacent to an activating group) is 1. The van der Waals surface area contributed by atoms with Gasteiger partial charge in [0.15, 0.2) is 5.96 Å². The minimum absolute atomic E-state index is 0. The molecule has 1 saturated heterocycles. The second kappa shape index (κ2) is 15.7. The maximum Gasteiger partial charge on any atom is 0.191 e. The Bertz CT molecular complexity index is 603. The summed E-state index contributed by atoms with van der Waals surface area (Å²) in [5.41, 5.74) is 1.12. The number of nitrogens with one attached hydrogen (secondary N) is 2. The number of guanidine groups is 1. The molecule has 0 spiro atoms. The van der Waals surface area contributed by atoms with Crippen molar-refractivity contribution >= 4 is 29.9 Å². The van der Waals surface area contributed by atoms with Gasteiger partial charge in [-0.15, -0.1) is 24.0 Å². The molecule has 172 valence electrons. The summed E-state index contributed by atoms with van der Waals surface area (Å²) in [5.74, 6) is 2.70. The lowest BCUT2D eigenvalue weighted by Gasteiger charge is -2.30. The summed E-state index contributed by atoms with van der Waals surface area (Å²) in [6.07, 6.45) is 3.82. The van der Waals surface area contributed by atoms with Crippen molar-refractivity contribution in [3.05, 3.63) is 29.8 Å². The number of para-hydroxylation sites is 1. The van der Waals surface area contributed by atoms with Crippen LogP contribution in [0.3, 0.4) is 0 Å². The van der Waals surface area contributed by atoms with Crippen LogP contribution in [0.15, 0.2) is 29.3 Å². The molecule has 30 heavy (non-hydrogen) atoms. The van der Waals surface area contributed by atoms with Gasteiger partial charge in [-0.2, -0.15) is 0 Å². The van der Waals surface area contributed by atoms with Gasteiger partial charge in [0.25, 0.3) is 0 Å². The number of benzene rings is 1. The number of aliphatic imine (C=N–C) groups is 1. The van der Waals surface area contributed by atoms with Gasteiger partial charge < -0.3 is 25.2 Å². The molecule has 1 heterocycles. The van der Waals surface area contributed by atoms with Gasteiger partial charge in [-0.3, -0.25) is 0 Å². The highest BCUT2D eigenvalue weighted by atomic mass is 127. The number of hydrogen-bond acceptors (Lipinski definition) is 4. The van der Waals surface area contributed by atoms with E-state index < -0.39 is 0 Å². The van der Waals surface area contributed by atoms with Crippen LogP contribution in [0, 0.1) is 5.92 Å². The second-order valence-corrected chi connectivity index (χ2v) is 8.26. The summed E-state index contributed by atoms with van der Waals surface area (Å²) in [4.78, 5) is 9.49. The van der Waals surface area contributed by atoms with Crippen molar-refractivity contribution in [3.8, 4) is 5.75 Å².